The van der Waals surface area contributed by atoms with Crippen LogP contribution in [0.1, 0.15) is 40.8 Å². The number of ether oxygens (including phenoxy) is 2. The molecule has 0 radical (unpaired) electrons. The lowest BCUT2D eigenvalue weighted by Gasteiger charge is -2.17. The van der Waals surface area contributed by atoms with Crippen molar-refractivity contribution in [3.8, 4) is 22.9 Å². The number of hydrogen-bond donors (Lipinski definition) is 1. The second kappa shape index (κ2) is 11.1. The van der Waals surface area contributed by atoms with Crippen LogP contribution >= 0.6 is 15.9 Å². The molecule has 0 atom stereocenters. The van der Waals surface area contributed by atoms with E-state index in [1.54, 1.807) is 42.1 Å². The summed E-state index contributed by atoms with van der Waals surface area (Å²) in [5.41, 5.74) is 5.25. The molecule has 0 saturated heterocycles. The lowest BCUT2D eigenvalue weighted by molar-refractivity contribution is 0.0781. The summed E-state index contributed by atoms with van der Waals surface area (Å²) < 4.78 is 14.0. The zero-order valence-corrected chi connectivity index (χ0v) is 23.2. The summed E-state index contributed by atoms with van der Waals surface area (Å²) in [4.78, 5) is 23.7. The molecule has 0 unspecified atom stereocenters. The van der Waals surface area contributed by atoms with Crippen LogP contribution in [0.15, 0.2) is 29.5 Å². The molecule has 4 rings (SSSR count). The Bertz CT molecular complexity index is 1460. The second-order valence-electron chi connectivity index (χ2n) is 8.57. The SMILES string of the molecule is C=Cc1c(C(=O)N(C)CCCOc2cnc(OC)cc2-c2cc3c(Br)[nH]nc3c(C)n2)nn(C)c1CC. The average Bonchev–Trinajstić information content (AvgIpc) is 3.44. The van der Waals surface area contributed by atoms with Gasteiger partial charge in [0.25, 0.3) is 5.91 Å². The van der Waals surface area contributed by atoms with Gasteiger partial charge in [0.15, 0.2) is 5.69 Å². The average molecular weight is 568 g/mol. The fraction of sp³-hybridized carbons (Fsp3) is 0.346. The van der Waals surface area contributed by atoms with Crippen molar-refractivity contribution in [2.45, 2.75) is 26.7 Å². The maximum Gasteiger partial charge on any atom is 0.274 e. The highest BCUT2D eigenvalue weighted by atomic mass is 79.9. The van der Waals surface area contributed by atoms with E-state index >= 15 is 0 Å². The van der Waals surface area contributed by atoms with Crippen molar-refractivity contribution < 1.29 is 14.3 Å². The third-order valence-corrected chi connectivity index (χ3v) is 6.79. The Morgan fingerprint density at radius 2 is 2.14 bits per heavy atom. The molecule has 0 aliphatic heterocycles. The van der Waals surface area contributed by atoms with Crippen molar-refractivity contribution in [3.05, 3.63) is 52.2 Å². The first-order valence-electron chi connectivity index (χ1n) is 11.9. The molecule has 0 aliphatic rings. The van der Waals surface area contributed by atoms with E-state index in [1.807, 2.05) is 27.0 Å². The number of carbonyl (C=O) groups is 1. The molecule has 0 saturated carbocycles. The number of nitrogens with one attached hydrogen (secondary N) is 1. The summed E-state index contributed by atoms with van der Waals surface area (Å²) in [6.45, 7) is 8.68. The lowest BCUT2D eigenvalue weighted by atomic mass is 10.1. The quantitative estimate of drug-likeness (QED) is 0.279. The third kappa shape index (κ3) is 5.22. The molecule has 4 aromatic rings. The van der Waals surface area contributed by atoms with Crippen molar-refractivity contribution >= 4 is 38.8 Å². The van der Waals surface area contributed by atoms with E-state index in [-0.39, 0.29) is 5.91 Å². The van der Waals surface area contributed by atoms with E-state index in [0.29, 0.717) is 42.6 Å². The normalized spacial score (nSPS) is 11.1. The fourth-order valence-electron chi connectivity index (χ4n) is 4.26. The number of methoxy groups -OCH3 is 1. The van der Waals surface area contributed by atoms with E-state index in [0.717, 1.165) is 44.4 Å². The minimum Gasteiger partial charge on any atom is -0.491 e. The Labute approximate surface area is 223 Å². The summed E-state index contributed by atoms with van der Waals surface area (Å²) in [6, 6.07) is 3.74. The molecule has 0 aromatic carbocycles. The van der Waals surface area contributed by atoms with Gasteiger partial charge in [0.1, 0.15) is 15.9 Å². The van der Waals surface area contributed by atoms with Gasteiger partial charge in [-0.3, -0.25) is 19.6 Å². The van der Waals surface area contributed by atoms with Crippen LogP contribution in [-0.2, 0) is 13.5 Å². The number of amides is 1. The molecule has 11 heteroatoms. The lowest BCUT2D eigenvalue weighted by Crippen LogP contribution is -2.29. The van der Waals surface area contributed by atoms with E-state index < -0.39 is 0 Å². The van der Waals surface area contributed by atoms with Gasteiger partial charge in [-0.2, -0.15) is 10.2 Å². The largest absolute Gasteiger partial charge is 0.491 e. The highest BCUT2D eigenvalue weighted by Crippen LogP contribution is 2.34. The zero-order chi connectivity index (χ0) is 26.7. The van der Waals surface area contributed by atoms with Crippen molar-refractivity contribution in [1.29, 1.82) is 0 Å². The Morgan fingerprint density at radius 1 is 1.35 bits per heavy atom. The predicted molar refractivity (Wildman–Crippen MR) is 146 cm³/mol. The Balaban J connectivity index is 1.48. The molecule has 4 aromatic heterocycles. The van der Waals surface area contributed by atoms with Gasteiger partial charge in [-0.1, -0.05) is 19.6 Å². The van der Waals surface area contributed by atoms with Crippen molar-refractivity contribution in [1.82, 2.24) is 34.8 Å². The number of halogens is 1. The molecule has 1 amide bonds. The maximum atomic E-state index is 13.0. The number of hydrogen-bond acceptors (Lipinski definition) is 7. The summed E-state index contributed by atoms with van der Waals surface area (Å²) in [5, 5.41) is 12.6. The van der Waals surface area contributed by atoms with Crippen LogP contribution in [0.4, 0.5) is 0 Å². The second-order valence-corrected chi connectivity index (χ2v) is 9.36. The summed E-state index contributed by atoms with van der Waals surface area (Å²) in [6.07, 6.45) is 4.71. The van der Waals surface area contributed by atoms with Gasteiger partial charge in [0.2, 0.25) is 5.88 Å². The molecular weight excluding hydrogens is 538 g/mol. The minimum absolute atomic E-state index is 0.143. The molecule has 0 fully saturated rings. The van der Waals surface area contributed by atoms with E-state index in [9.17, 15) is 4.79 Å². The smallest absolute Gasteiger partial charge is 0.274 e. The van der Waals surface area contributed by atoms with Gasteiger partial charge in [-0.05, 0) is 41.8 Å². The molecule has 194 valence electrons. The van der Waals surface area contributed by atoms with Crippen LogP contribution in [0, 0.1) is 6.92 Å². The minimum atomic E-state index is -0.143. The van der Waals surface area contributed by atoms with Crippen LogP contribution in [0.3, 0.4) is 0 Å². The van der Waals surface area contributed by atoms with E-state index in [2.05, 4.69) is 42.8 Å². The molecular formula is C26H30BrN7O3. The van der Waals surface area contributed by atoms with Gasteiger partial charge in [-0.15, -0.1) is 0 Å². The standard InChI is InChI=1S/C26H30BrN7O3/c1-7-16-20(8-2)34(5)32-24(16)26(35)33(4)10-9-11-37-21-14-28-22(36-6)13-17(21)19-12-18-23(15(3)29-19)30-31-25(18)27/h7,12-14H,1,8-11H2,2-6H3,(H,30,31). The summed E-state index contributed by atoms with van der Waals surface area (Å²) in [5.74, 6) is 0.890. The molecule has 0 aliphatic carbocycles. The van der Waals surface area contributed by atoms with Gasteiger partial charge in [-0.25, -0.2) is 4.98 Å². The maximum absolute atomic E-state index is 13.0. The number of aromatic nitrogens is 6. The number of nitrogens with zero attached hydrogens (tertiary/aromatic N) is 6. The number of aryl methyl sites for hydroxylation is 2. The first kappa shape index (κ1) is 26.3. The molecule has 0 spiro atoms. The van der Waals surface area contributed by atoms with Crippen molar-refractivity contribution in [3.63, 3.8) is 0 Å². The Morgan fingerprint density at radius 3 is 2.84 bits per heavy atom. The monoisotopic (exact) mass is 567 g/mol. The number of fused-ring (bicyclic) bond motifs is 1. The highest BCUT2D eigenvalue weighted by Gasteiger charge is 2.22. The van der Waals surface area contributed by atoms with Crippen LogP contribution in [0.2, 0.25) is 0 Å². The number of carbonyl (C=O) groups excluding carboxylic acids is 1. The van der Waals surface area contributed by atoms with Crippen molar-refractivity contribution in [2.24, 2.45) is 7.05 Å². The number of pyridine rings is 2. The van der Waals surface area contributed by atoms with Gasteiger partial charge in [0.05, 0.1) is 31.3 Å². The first-order chi connectivity index (χ1) is 17.8. The zero-order valence-electron chi connectivity index (χ0n) is 21.6. The fourth-order valence-corrected chi connectivity index (χ4v) is 4.65. The van der Waals surface area contributed by atoms with Crippen LogP contribution in [-0.4, -0.2) is 68.1 Å². The number of H-pyrrole nitrogens is 1. The topological polar surface area (TPSA) is 111 Å². The molecule has 37 heavy (non-hydrogen) atoms. The van der Waals surface area contributed by atoms with Crippen LogP contribution < -0.4 is 9.47 Å². The number of rotatable bonds is 10. The first-order valence-corrected chi connectivity index (χ1v) is 12.7. The van der Waals surface area contributed by atoms with Crippen molar-refractivity contribution in [2.75, 3.05) is 27.3 Å². The summed E-state index contributed by atoms with van der Waals surface area (Å²) in [7, 11) is 5.17. The van der Waals surface area contributed by atoms with Gasteiger partial charge < -0.3 is 14.4 Å². The Kier molecular flexibility index (Phi) is 7.91. The molecule has 1 N–H and O–H groups in total. The predicted octanol–water partition coefficient (Wildman–Crippen LogP) is 4.58. The molecule has 4 heterocycles. The highest BCUT2D eigenvalue weighted by molar-refractivity contribution is 9.10. The van der Waals surface area contributed by atoms with Gasteiger partial charge >= 0.3 is 0 Å². The number of aromatic amines is 1. The molecule has 10 nitrogen and oxygen atoms in total. The third-order valence-electron chi connectivity index (χ3n) is 6.19. The van der Waals surface area contributed by atoms with E-state index in [1.165, 1.54) is 0 Å². The van der Waals surface area contributed by atoms with Crippen LogP contribution in [0.25, 0.3) is 28.2 Å². The summed E-state index contributed by atoms with van der Waals surface area (Å²) >= 11 is 3.51. The van der Waals surface area contributed by atoms with Crippen LogP contribution in [0.5, 0.6) is 11.6 Å². The molecule has 0 bridgehead atoms. The van der Waals surface area contributed by atoms with Gasteiger partial charge in [0, 0.05) is 48.9 Å². The van der Waals surface area contributed by atoms with E-state index in [4.69, 9.17) is 14.5 Å². The Hall–Kier alpha value is -3.73.